The van der Waals surface area contributed by atoms with Crippen LogP contribution < -0.4 is 40.0 Å². The van der Waals surface area contributed by atoms with E-state index in [1.165, 1.54) is 56.4 Å². The van der Waals surface area contributed by atoms with Crippen LogP contribution in [0.15, 0.2) is 99.6 Å². The van der Waals surface area contributed by atoms with E-state index in [2.05, 4.69) is 13.8 Å². The summed E-state index contributed by atoms with van der Waals surface area (Å²) < 4.78 is 43.2. The predicted molar refractivity (Wildman–Crippen MR) is 187 cm³/mol. The molecule has 246 valence electrons. The van der Waals surface area contributed by atoms with Crippen LogP contribution in [0, 0.1) is 0 Å². The van der Waals surface area contributed by atoms with E-state index in [1.54, 1.807) is 12.1 Å². The molecule has 1 atom stereocenters. The van der Waals surface area contributed by atoms with Gasteiger partial charge >= 0.3 is 29.6 Å². The van der Waals surface area contributed by atoms with Gasteiger partial charge in [-0.25, -0.2) is 8.42 Å². The van der Waals surface area contributed by atoms with Gasteiger partial charge in [0.2, 0.25) is 0 Å². The van der Waals surface area contributed by atoms with E-state index in [9.17, 15) is 18.1 Å². The van der Waals surface area contributed by atoms with Gasteiger partial charge in [-0.1, -0.05) is 113 Å². The minimum atomic E-state index is -4.79. The van der Waals surface area contributed by atoms with Crippen molar-refractivity contribution in [3.8, 4) is 22.6 Å². The number of nitrogens with two attached hydrogens (primary N) is 1. The molecule has 4 aromatic carbocycles. The largest absolute Gasteiger partial charge is 1.00 e. The number of aryl methyl sites for hydroxylation is 1. The fraction of sp³-hybridized carbons (Fsp3) is 0.368. The van der Waals surface area contributed by atoms with E-state index in [0.29, 0.717) is 28.2 Å². The zero-order valence-electron chi connectivity index (χ0n) is 27.9. The van der Waals surface area contributed by atoms with Gasteiger partial charge in [0.05, 0.1) is 17.5 Å². The van der Waals surface area contributed by atoms with Gasteiger partial charge in [0.25, 0.3) is 0 Å². The van der Waals surface area contributed by atoms with Crippen LogP contribution in [0.2, 0.25) is 0 Å². The topological polar surface area (TPSA) is 113 Å². The molecule has 0 aliphatic rings. The van der Waals surface area contributed by atoms with Crippen molar-refractivity contribution in [2.75, 3.05) is 6.61 Å². The van der Waals surface area contributed by atoms with Crippen LogP contribution in [0.1, 0.15) is 94.4 Å². The Morgan fingerprint density at radius 2 is 1.49 bits per heavy atom. The standard InChI is InChI=1S/C38H47NO5S2.Na/c1-3-5-7-8-9-10-11-14-28-17-23-35(40)34(26-28)38(39)33-16-13-12-15-32(33)29-18-24-36(37(27-29)46(41,42)43)45-31-21-19-30(20-22-31)44-25-6-4-2;/h12-13,15-24,26-27,38,40H,3-11,14,25,39H2,1-2H3,(H,41,42,43);/q;+1/p-1. The first-order valence-corrected chi connectivity index (χ1v) is 18.6. The Balaban J connectivity index is 0.00000600. The smallest absolute Gasteiger partial charge is 0.744 e. The molecule has 0 saturated heterocycles. The maximum atomic E-state index is 12.5. The zero-order valence-corrected chi connectivity index (χ0v) is 31.5. The molecular formula is C38H46NNaO5S2. The number of ether oxygens (including phenoxy) is 1. The molecule has 0 aliphatic carbocycles. The average Bonchev–Trinajstić information content (AvgIpc) is 3.05. The zero-order chi connectivity index (χ0) is 32.9. The second kappa shape index (κ2) is 19.6. The van der Waals surface area contributed by atoms with Crippen LogP contribution in [-0.2, 0) is 16.5 Å². The minimum absolute atomic E-state index is 0. The Morgan fingerprint density at radius 3 is 2.19 bits per heavy atom. The number of hydrogen-bond donors (Lipinski definition) is 2. The van der Waals surface area contributed by atoms with Gasteiger partial charge in [-0.2, -0.15) is 0 Å². The van der Waals surface area contributed by atoms with Gasteiger partial charge in [0.1, 0.15) is 21.6 Å². The normalized spacial score (nSPS) is 12.0. The van der Waals surface area contributed by atoms with Crippen molar-refractivity contribution in [3.05, 3.63) is 102 Å². The molecule has 9 heteroatoms. The van der Waals surface area contributed by atoms with E-state index in [1.807, 2.05) is 66.7 Å². The number of aromatic hydroxyl groups is 1. The van der Waals surface area contributed by atoms with Gasteiger partial charge in [-0.3, -0.25) is 0 Å². The third-order valence-corrected chi connectivity index (χ3v) is 10.2. The number of hydrogen-bond acceptors (Lipinski definition) is 7. The molecule has 0 fully saturated rings. The fourth-order valence-corrected chi connectivity index (χ4v) is 7.35. The van der Waals surface area contributed by atoms with Gasteiger partial charge in [0.15, 0.2) is 0 Å². The van der Waals surface area contributed by atoms with Crippen molar-refractivity contribution in [2.45, 2.75) is 98.8 Å². The molecule has 0 spiro atoms. The Labute approximate surface area is 307 Å². The molecular weight excluding hydrogens is 638 g/mol. The molecule has 0 aliphatic heterocycles. The second-order valence-corrected chi connectivity index (χ2v) is 14.2. The Bertz CT molecular complexity index is 1660. The maximum Gasteiger partial charge on any atom is 1.00 e. The summed E-state index contributed by atoms with van der Waals surface area (Å²) in [4.78, 5) is 0.840. The summed E-state index contributed by atoms with van der Waals surface area (Å²) in [5.41, 5.74) is 10.5. The molecule has 3 N–H and O–H groups in total. The number of benzene rings is 4. The third kappa shape index (κ3) is 11.7. The SMILES string of the molecule is CCCCCCCCCc1ccc(O)c(C(N)c2ccccc2-c2ccc(Sc3ccc(OCCCC)cc3)c(S(=O)(=O)[O-])c2)c1.[Na+]. The van der Waals surface area contributed by atoms with E-state index >= 15 is 0 Å². The first-order valence-electron chi connectivity index (χ1n) is 16.4. The van der Waals surface area contributed by atoms with Crippen molar-refractivity contribution in [1.29, 1.82) is 0 Å². The van der Waals surface area contributed by atoms with E-state index in [0.717, 1.165) is 47.5 Å². The number of phenols is 1. The van der Waals surface area contributed by atoms with Crippen LogP contribution in [0.25, 0.3) is 11.1 Å². The molecule has 1 unspecified atom stereocenters. The van der Waals surface area contributed by atoms with Crippen molar-refractivity contribution in [1.82, 2.24) is 0 Å². The summed E-state index contributed by atoms with van der Waals surface area (Å²) in [6, 6.07) is 24.7. The van der Waals surface area contributed by atoms with Gasteiger partial charge in [-0.15, -0.1) is 0 Å². The van der Waals surface area contributed by atoms with Gasteiger partial charge in [-0.05, 0) is 84.0 Å². The van der Waals surface area contributed by atoms with Crippen LogP contribution in [0.5, 0.6) is 11.5 Å². The van der Waals surface area contributed by atoms with Crippen molar-refractivity contribution in [3.63, 3.8) is 0 Å². The quantitative estimate of drug-likeness (QED) is 0.0687. The van der Waals surface area contributed by atoms with Gasteiger partial charge in [0, 0.05) is 15.4 Å². The number of phenolic OH excluding ortho intramolecular Hbond substituents is 1. The predicted octanol–water partition coefficient (Wildman–Crippen LogP) is 6.64. The monoisotopic (exact) mass is 683 g/mol. The van der Waals surface area contributed by atoms with Crippen LogP contribution in [0.4, 0.5) is 0 Å². The van der Waals surface area contributed by atoms with Crippen LogP contribution >= 0.6 is 11.8 Å². The summed E-state index contributed by atoms with van der Waals surface area (Å²) in [6.07, 6.45) is 11.5. The first-order chi connectivity index (χ1) is 22.2. The molecule has 0 bridgehead atoms. The van der Waals surface area contributed by atoms with E-state index in [-0.39, 0.29) is 40.2 Å². The molecule has 0 aromatic heterocycles. The molecule has 0 heterocycles. The summed E-state index contributed by atoms with van der Waals surface area (Å²) in [5.74, 6) is 0.856. The maximum absolute atomic E-state index is 12.5. The van der Waals surface area contributed by atoms with E-state index in [4.69, 9.17) is 10.5 Å². The summed E-state index contributed by atoms with van der Waals surface area (Å²) in [5, 5.41) is 10.8. The number of unbranched alkanes of at least 4 members (excludes halogenated alkanes) is 7. The van der Waals surface area contributed by atoms with Crippen molar-refractivity contribution < 1.29 is 52.4 Å². The van der Waals surface area contributed by atoms with Crippen molar-refractivity contribution >= 4 is 21.9 Å². The first kappa shape index (κ1) is 39.1. The summed E-state index contributed by atoms with van der Waals surface area (Å²) >= 11 is 1.21. The molecule has 0 saturated carbocycles. The molecule has 47 heavy (non-hydrogen) atoms. The second-order valence-electron chi connectivity index (χ2n) is 11.7. The van der Waals surface area contributed by atoms with Crippen molar-refractivity contribution in [2.24, 2.45) is 5.73 Å². The molecule has 4 rings (SSSR count). The molecule has 0 radical (unpaired) electrons. The molecule has 0 amide bonds. The fourth-order valence-electron chi connectivity index (χ4n) is 5.51. The number of rotatable bonds is 18. The third-order valence-electron chi connectivity index (χ3n) is 8.13. The Kier molecular flexibility index (Phi) is 16.4. The molecule has 4 aromatic rings. The summed E-state index contributed by atoms with van der Waals surface area (Å²) in [7, 11) is -4.79. The Morgan fingerprint density at radius 1 is 0.809 bits per heavy atom. The van der Waals surface area contributed by atoms with E-state index < -0.39 is 16.2 Å². The Hall–Kier alpha value is -2.30. The molecule has 6 nitrogen and oxygen atoms in total. The minimum Gasteiger partial charge on any atom is -0.744 e. The van der Waals surface area contributed by atoms with Gasteiger partial charge < -0.3 is 20.1 Å². The van der Waals surface area contributed by atoms with Crippen LogP contribution in [-0.4, -0.2) is 24.7 Å². The average molecular weight is 684 g/mol. The van der Waals surface area contributed by atoms with Crippen LogP contribution in [0.3, 0.4) is 0 Å². The summed E-state index contributed by atoms with van der Waals surface area (Å²) in [6.45, 7) is 4.96.